The third-order valence-corrected chi connectivity index (χ3v) is 3.92. The van der Waals surface area contributed by atoms with Crippen molar-refractivity contribution in [1.29, 1.82) is 0 Å². The summed E-state index contributed by atoms with van der Waals surface area (Å²) in [6, 6.07) is 12.3. The number of hydrogen-bond donors (Lipinski definition) is 1. The van der Waals surface area contributed by atoms with Crippen molar-refractivity contribution < 1.29 is 9.84 Å². The number of halogens is 2. The fourth-order valence-electron chi connectivity index (χ4n) is 1.47. The molecule has 2 aromatic rings. The SMILES string of the molecule is Oc1ccccc1SCCOc1ccc(Cl)cc1Cl. The smallest absolute Gasteiger partial charge is 0.138 e. The lowest BCUT2D eigenvalue weighted by atomic mass is 10.3. The summed E-state index contributed by atoms with van der Waals surface area (Å²) in [5, 5.41) is 10.7. The topological polar surface area (TPSA) is 29.5 Å². The van der Waals surface area contributed by atoms with E-state index in [0.717, 1.165) is 10.6 Å². The van der Waals surface area contributed by atoms with E-state index in [-0.39, 0.29) is 5.75 Å². The first-order valence-electron chi connectivity index (χ1n) is 5.65. The van der Waals surface area contributed by atoms with E-state index in [9.17, 15) is 5.11 Å². The molecule has 0 amide bonds. The molecule has 0 atom stereocenters. The maximum absolute atomic E-state index is 9.60. The van der Waals surface area contributed by atoms with Crippen molar-refractivity contribution in [3.8, 4) is 11.5 Å². The minimum absolute atomic E-state index is 0.289. The van der Waals surface area contributed by atoms with Gasteiger partial charge in [-0.1, -0.05) is 35.3 Å². The van der Waals surface area contributed by atoms with Crippen molar-refractivity contribution in [1.82, 2.24) is 0 Å². The van der Waals surface area contributed by atoms with Crippen LogP contribution in [0.15, 0.2) is 47.4 Å². The van der Waals surface area contributed by atoms with Crippen LogP contribution in [0.5, 0.6) is 11.5 Å². The van der Waals surface area contributed by atoms with Crippen LogP contribution in [0, 0.1) is 0 Å². The first-order chi connectivity index (χ1) is 9.16. The minimum Gasteiger partial charge on any atom is -0.507 e. The Morgan fingerprint density at radius 1 is 1.11 bits per heavy atom. The number of ether oxygens (including phenoxy) is 1. The molecule has 2 aromatic carbocycles. The van der Waals surface area contributed by atoms with Gasteiger partial charge in [0.05, 0.1) is 11.6 Å². The average Bonchev–Trinajstić information content (AvgIpc) is 2.38. The van der Waals surface area contributed by atoms with Gasteiger partial charge in [-0.3, -0.25) is 0 Å². The lowest BCUT2D eigenvalue weighted by Gasteiger charge is -2.08. The summed E-state index contributed by atoms with van der Waals surface area (Å²) in [4.78, 5) is 0.841. The van der Waals surface area contributed by atoms with Crippen LogP contribution in [0.25, 0.3) is 0 Å². The second-order valence-electron chi connectivity index (χ2n) is 3.74. The highest BCUT2D eigenvalue weighted by Gasteiger charge is 2.03. The fourth-order valence-corrected chi connectivity index (χ4v) is 2.72. The Labute approximate surface area is 126 Å². The molecular formula is C14H12Cl2O2S. The molecule has 2 rings (SSSR count). The van der Waals surface area contributed by atoms with E-state index in [1.54, 1.807) is 30.3 Å². The van der Waals surface area contributed by atoms with E-state index in [1.165, 1.54) is 11.8 Å². The molecule has 0 aliphatic rings. The van der Waals surface area contributed by atoms with Crippen LogP contribution in [0.3, 0.4) is 0 Å². The molecule has 0 unspecified atom stereocenters. The van der Waals surface area contributed by atoms with Crippen molar-refractivity contribution in [2.24, 2.45) is 0 Å². The number of benzene rings is 2. The van der Waals surface area contributed by atoms with E-state index in [4.69, 9.17) is 27.9 Å². The predicted octanol–water partition coefficient (Wildman–Crippen LogP) is 4.87. The quantitative estimate of drug-likeness (QED) is 0.630. The molecule has 0 aromatic heterocycles. The molecule has 0 spiro atoms. The number of rotatable bonds is 5. The summed E-state index contributed by atoms with van der Waals surface area (Å²) < 4.78 is 5.56. The summed E-state index contributed by atoms with van der Waals surface area (Å²) in [5.41, 5.74) is 0. The van der Waals surface area contributed by atoms with E-state index >= 15 is 0 Å². The van der Waals surface area contributed by atoms with Gasteiger partial charge in [-0.2, -0.15) is 0 Å². The third kappa shape index (κ3) is 4.23. The zero-order valence-corrected chi connectivity index (χ0v) is 12.3. The normalized spacial score (nSPS) is 10.4. The number of phenols is 1. The molecule has 0 radical (unpaired) electrons. The molecule has 0 aliphatic carbocycles. The molecule has 2 nitrogen and oxygen atoms in total. The molecule has 0 aliphatic heterocycles. The van der Waals surface area contributed by atoms with Gasteiger partial charge in [0.25, 0.3) is 0 Å². The first-order valence-corrected chi connectivity index (χ1v) is 7.39. The van der Waals surface area contributed by atoms with E-state index < -0.39 is 0 Å². The standard InChI is InChI=1S/C14H12Cl2O2S/c15-10-5-6-13(11(16)9-10)18-7-8-19-14-4-2-1-3-12(14)17/h1-6,9,17H,7-8H2. The Balaban J connectivity index is 1.83. The first kappa shape index (κ1) is 14.4. The number of thioether (sulfide) groups is 1. The lowest BCUT2D eigenvalue weighted by Crippen LogP contribution is -2.00. The highest BCUT2D eigenvalue weighted by molar-refractivity contribution is 7.99. The fraction of sp³-hybridized carbons (Fsp3) is 0.143. The summed E-state index contributed by atoms with van der Waals surface area (Å²) in [5.74, 6) is 1.62. The summed E-state index contributed by atoms with van der Waals surface area (Å²) in [7, 11) is 0. The van der Waals surface area contributed by atoms with Crippen LogP contribution >= 0.6 is 35.0 Å². The van der Waals surface area contributed by atoms with Crippen molar-refractivity contribution in [3.05, 3.63) is 52.5 Å². The minimum atomic E-state index is 0.289. The molecule has 1 N–H and O–H groups in total. The van der Waals surface area contributed by atoms with Crippen molar-refractivity contribution >= 4 is 35.0 Å². The lowest BCUT2D eigenvalue weighted by molar-refractivity contribution is 0.344. The highest BCUT2D eigenvalue weighted by Crippen LogP contribution is 2.29. The van der Waals surface area contributed by atoms with Crippen LogP contribution in [0.1, 0.15) is 0 Å². The molecular weight excluding hydrogens is 303 g/mol. The van der Waals surface area contributed by atoms with Gasteiger partial charge in [-0.25, -0.2) is 0 Å². The zero-order chi connectivity index (χ0) is 13.7. The Bertz CT molecular complexity index is 561. The van der Waals surface area contributed by atoms with Crippen molar-refractivity contribution in [3.63, 3.8) is 0 Å². The van der Waals surface area contributed by atoms with Crippen LogP contribution in [0.4, 0.5) is 0 Å². The summed E-state index contributed by atoms with van der Waals surface area (Å²) in [6.07, 6.45) is 0. The van der Waals surface area contributed by atoms with E-state index in [2.05, 4.69) is 0 Å². The highest BCUT2D eigenvalue weighted by atomic mass is 35.5. The number of para-hydroxylation sites is 1. The summed E-state index contributed by atoms with van der Waals surface area (Å²) >= 11 is 13.3. The Morgan fingerprint density at radius 3 is 2.63 bits per heavy atom. The molecule has 0 saturated carbocycles. The van der Waals surface area contributed by atoms with Crippen LogP contribution in [-0.4, -0.2) is 17.5 Å². The molecule has 19 heavy (non-hydrogen) atoms. The van der Waals surface area contributed by atoms with Crippen LogP contribution < -0.4 is 4.74 Å². The maximum Gasteiger partial charge on any atom is 0.138 e. The van der Waals surface area contributed by atoms with Gasteiger partial charge in [0.2, 0.25) is 0 Å². The number of aromatic hydroxyl groups is 1. The molecule has 0 saturated heterocycles. The van der Waals surface area contributed by atoms with Crippen molar-refractivity contribution in [2.75, 3.05) is 12.4 Å². The molecule has 100 valence electrons. The molecule has 0 bridgehead atoms. The van der Waals surface area contributed by atoms with Gasteiger partial charge in [-0.15, -0.1) is 11.8 Å². The monoisotopic (exact) mass is 314 g/mol. The zero-order valence-electron chi connectivity index (χ0n) is 9.98. The van der Waals surface area contributed by atoms with Gasteiger partial charge in [-0.05, 0) is 30.3 Å². The number of phenolic OH excluding ortho intramolecular Hbond substituents is 1. The largest absolute Gasteiger partial charge is 0.507 e. The van der Waals surface area contributed by atoms with E-state index in [1.807, 2.05) is 12.1 Å². The maximum atomic E-state index is 9.60. The Hall–Kier alpha value is -1.03. The predicted molar refractivity (Wildman–Crippen MR) is 80.8 cm³/mol. The van der Waals surface area contributed by atoms with Crippen LogP contribution in [0.2, 0.25) is 10.0 Å². The van der Waals surface area contributed by atoms with Gasteiger partial charge in [0.1, 0.15) is 11.5 Å². The van der Waals surface area contributed by atoms with E-state index in [0.29, 0.717) is 22.4 Å². The second-order valence-corrected chi connectivity index (χ2v) is 5.72. The number of hydrogen-bond acceptors (Lipinski definition) is 3. The molecule has 5 heteroatoms. The van der Waals surface area contributed by atoms with Gasteiger partial charge >= 0.3 is 0 Å². The average molecular weight is 315 g/mol. The van der Waals surface area contributed by atoms with Crippen molar-refractivity contribution in [2.45, 2.75) is 4.90 Å². The molecule has 0 heterocycles. The molecule has 0 fully saturated rings. The van der Waals surface area contributed by atoms with Gasteiger partial charge in [0.15, 0.2) is 0 Å². The Morgan fingerprint density at radius 2 is 1.89 bits per heavy atom. The van der Waals surface area contributed by atoms with Gasteiger partial charge < -0.3 is 9.84 Å². The third-order valence-electron chi connectivity index (χ3n) is 2.36. The Kier molecular flexibility index (Phi) is 5.25. The second kappa shape index (κ2) is 6.94. The van der Waals surface area contributed by atoms with Crippen LogP contribution in [-0.2, 0) is 0 Å². The van der Waals surface area contributed by atoms with Gasteiger partial charge in [0, 0.05) is 15.7 Å². The summed E-state index contributed by atoms with van der Waals surface area (Å²) in [6.45, 7) is 0.500.